The minimum absolute atomic E-state index is 0.0760. The zero-order chi connectivity index (χ0) is 23.3. The summed E-state index contributed by atoms with van der Waals surface area (Å²) in [5.74, 6) is 0.00523. The van der Waals surface area contributed by atoms with E-state index in [2.05, 4.69) is 17.1 Å². The van der Waals surface area contributed by atoms with E-state index < -0.39 is 5.91 Å². The Kier molecular flexibility index (Phi) is 7.38. The maximum absolute atomic E-state index is 12.7. The summed E-state index contributed by atoms with van der Waals surface area (Å²) in [6.45, 7) is 9.96. The quantitative estimate of drug-likeness (QED) is 0.275. The summed E-state index contributed by atoms with van der Waals surface area (Å²) in [6.07, 6.45) is 3.65. The van der Waals surface area contributed by atoms with Crippen molar-refractivity contribution in [3.05, 3.63) is 88.2 Å². The van der Waals surface area contributed by atoms with E-state index in [9.17, 15) is 9.90 Å². The topological polar surface area (TPSA) is 75.9 Å². The molecule has 7 heteroatoms. The van der Waals surface area contributed by atoms with Crippen LogP contribution in [0.3, 0.4) is 0 Å². The molecular weight excluding hydrogens is 426 g/mol. The normalized spacial score (nSPS) is 11.0. The Morgan fingerprint density at radius 3 is 2.59 bits per heavy atom. The average Bonchev–Trinajstić information content (AvgIpc) is 3.10. The number of nitrogens with zero attached hydrogens (tertiary/aromatic N) is 2. The number of halogens is 1. The predicted molar refractivity (Wildman–Crippen MR) is 128 cm³/mol. The molecule has 0 bridgehead atoms. The Morgan fingerprint density at radius 2 is 1.94 bits per heavy atom. The number of hydrazone groups is 1. The highest BCUT2D eigenvalue weighted by Crippen LogP contribution is 2.32. The van der Waals surface area contributed by atoms with Crippen molar-refractivity contribution in [2.45, 2.75) is 27.2 Å². The van der Waals surface area contributed by atoms with Crippen molar-refractivity contribution in [2.24, 2.45) is 5.10 Å². The van der Waals surface area contributed by atoms with Crippen LogP contribution in [0.1, 0.15) is 39.8 Å². The molecule has 1 aromatic heterocycles. The van der Waals surface area contributed by atoms with Crippen molar-refractivity contribution in [3.8, 4) is 17.2 Å². The van der Waals surface area contributed by atoms with Gasteiger partial charge < -0.3 is 14.4 Å². The second-order valence-corrected chi connectivity index (χ2v) is 7.67. The summed E-state index contributed by atoms with van der Waals surface area (Å²) < 4.78 is 7.54. The van der Waals surface area contributed by atoms with Gasteiger partial charge in [0.1, 0.15) is 0 Å². The highest BCUT2D eigenvalue weighted by atomic mass is 35.5. The van der Waals surface area contributed by atoms with E-state index in [0.717, 1.165) is 17.1 Å². The van der Waals surface area contributed by atoms with Crippen LogP contribution in [0.2, 0.25) is 5.02 Å². The smallest absolute Gasteiger partial charge is 0.272 e. The van der Waals surface area contributed by atoms with Gasteiger partial charge in [0.2, 0.25) is 0 Å². The number of amides is 1. The van der Waals surface area contributed by atoms with Gasteiger partial charge in [-0.2, -0.15) is 5.10 Å². The van der Waals surface area contributed by atoms with E-state index in [1.165, 1.54) is 6.21 Å². The summed E-state index contributed by atoms with van der Waals surface area (Å²) in [7, 11) is 0. The number of aromatic hydroxyl groups is 1. The first-order valence-electron chi connectivity index (χ1n) is 10.2. The zero-order valence-corrected chi connectivity index (χ0v) is 19.1. The highest BCUT2D eigenvalue weighted by Gasteiger charge is 2.14. The molecule has 1 amide bonds. The van der Waals surface area contributed by atoms with E-state index in [0.29, 0.717) is 40.5 Å². The van der Waals surface area contributed by atoms with E-state index in [1.807, 2.05) is 43.5 Å². The van der Waals surface area contributed by atoms with Crippen molar-refractivity contribution in [1.29, 1.82) is 0 Å². The number of aryl methyl sites for hydroxylation is 2. The minimum atomic E-state index is -0.425. The molecule has 1 heterocycles. The fourth-order valence-electron chi connectivity index (χ4n) is 3.47. The van der Waals surface area contributed by atoms with Crippen LogP contribution >= 0.6 is 11.6 Å². The maximum Gasteiger partial charge on any atom is 0.272 e. The van der Waals surface area contributed by atoms with Gasteiger partial charge in [-0.15, -0.1) is 6.58 Å². The van der Waals surface area contributed by atoms with E-state index in [1.54, 1.807) is 30.3 Å². The van der Waals surface area contributed by atoms with Crippen molar-refractivity contribution in [1.82, 2.24) is 9.99 Å². The van der Waals surface area contributed by atoms with Gasteiger partial charge in [0, 0.05) is 22.6 Å². The Morgan fingerprint density at radius 1 is 1.22 bits per heavy atom. The van der Waals surface area contributed by atoms with Crippen LogP contribution < -0.4 is 10.2 Å². The van der Waals surface area contributed by atoms with Crippen LogP contribution in [0, 0.1) is 13.8 Å². The fraction of sp³-hybridized carbons (Fsp3) is 0.200. The molecule has 6 nitrogen and oxygen atoms in total. The monoisotopic (exact) mass is 451 g/mol. The number of ether oxygens (including phenoxy) is 1. The maximum atomic E-state index is 12.7. The van der Waals surface area contributed by atoms with Gasteiger partial charge in [0.05, 0.1) is 23.4 Å². The molecule has 32 heavy (non-hydrogen) atoms. The molecule has 0 unspecified atom stereocenters. The van der Waals surface area contributed by atoms with Crippen LogP contribution in [-0.2, 0) is 6.42 Å². The van der Waals surface area contributed by atoms with Crippen LogP contribution in [-0.4, -0.2) is 28.4 Å². The molecule has 0 atom stereocenters. The Balaban J connectivity index is 1.83. The number of phenolic OH excluding ortho intramolecular Hbond substituents is 1. The molecule has 3 aromatic rings. The van der Waals surface area contributed by atoms with Gasteiger partial charge in [-0.3, -0.25) is 4.79 Å². The van der Waals surface area contributed by atoms with Crippen LogP contribution in [0.4, 0.5) is 0 Å². The number of benzene rings is 2. The standard InChI is InChI=1S/C25H26ClN3O3/c1-5-7-19-12-18(13-23(24(19)30)32-6-2)15-27-28-25(31)21-14-20(10-11-22(21)26)29-16(3)8-9-17(29)4/h5,8-15,30H,1,6-7H2,2-4H3,(H,28,31). The van der Waals surface area contributed by atoms with E-state index >= 15 is 0 Å². The number of carbonyl (C=O) groups is 1. The lowest BCUT2D eigenvalue weighted by Crippen LogP contribution is -2.18. The van der Waals surface area contributed by atoms with Gasteiger partial charge in [0.25, 0.3) is 5.91 Å². The van der Waals surface area contributed by atoms with Crippen LogP contribution in [0.15, 0.2) is 60.2 Å². The molecule has 0 saturated carbocycles. The molecule has 166 valence electrons. The van der Waals surface area contributed by atoms with Gasteiger partial charge >= 0.3 is 0 Å². The second-order valence-electron chi connectivity index (χ2n) is 7.27. The number of rotatable bonds is 8. The Hall–Kier alpha value is -3.51. The first-order chi connectivity index (χ1) is 15.3. The van der Waals surface area contributed by atoms with E-state index in [-0.39, 0.29) is 5.75 Å². The Bertz CT molecular complexity index is 1160. The van der Waals surface area contributed by atoms with Crippen molar-refractivity contribution >= 4 is 23.7 Å². The molecule has 0 radical (unpaired) electrons. The molecule has 0 aliphatic rings. The molecule has 0 aliphatic heterocycles. The number of hydrogen-bond donors (Lipinski definition) is 2. The van der Waals surface area contributed by atoms with Crippen LogP contribution in [0.5, 0.6) is 11.5 Å². The average molecular weight is 452 g/mol. The van der Waals surface area contributed by atoms with Crippen molar-refractivity contribution < 1.29 is 14.6 Å². The molecule has 0 aliphatic carbocycles. The highest BCUT2D eigenvalue weighted by molar-refractivity contribution is 6.33. The summed E-state index contributed by atoms with van der Waals surface area (Å²) in [6, 6.07) is 12.8. The lowest BCUT2D eigenvalue weighted by molar-refractivity contribution is 0.0955. The van der Waals surface area contributed by atoms with Gasteiger partial charge in [-0.25, -0.2) is 5.43 Å². The third-order valence-corrected chi connectivity index (χ3v) is 5.27. The van der Waals surface area contributed by atoms with Gasteiger partial charge in [-0.05, 0) is 75.2 Å². The lowest BCUT2D eigenvalue weighted by Gasteiger charge is -2.12. The second kappa shape index (κ2) is 10.2. The first kappa shape index (κ1) is 23.2. The molecule has 3 rings (SSSR count). The first-order valence-corrected chi connectivity index (χ1v) is 10.6. The number of allylic oxidation sites excluding steroid dienone is 1. The van der Waals surface area contributed by atoms with Gasteiger partial charge in [0.15, 0.2) is 11.5 Å². The molecule has 2 aromatic carbocycles. The third-order valence-electron chi connectivity index (χ3n) is 4.94. The lowest BCUT2D eigenvalue weighted by atomic mass is 10.1. The minimum Gasteiger partial charge on any atom is -0.504 e. The number of carbonyl (C=O) groups excluding carboxylic acids is 1. The number of nitrogens with one attached hydrogen (secondary N) is 1. The molecular formula is C25H26ClN3O3. The van der Waals surface area contributed by atoms with E-state index in [4.69, 9.17) is 16.3 Å². The Labute approximate surface area is 192 Å². The summed E-state index contributed by atoms with van der Waals surface area (Å²) in [4.78, 5) is 12.7. The molecule has 0 fully saturated rings. The summed E-state index contributed by atoms with van der Waals surface area (Å²) >= 11 is 6.28. The third kappa shape index (κ3) is 5.03. The predicted octanol–water partition coefficient (Wildman–Crippen LogP) is 5.34. The molecule has 0 saturated heterocycles. The van der Waals surface area contributed by atoms with Crippen molar-refractivity contribution in [3.63, 3.8) is 0 Å². The SMILES string of the molecule is C=CCc1cc(C=NNC(=O)c2cc(-n3c(C)ccc3C)ccc2Cl)cc(OCC)c1O. The summed E-state index contributed by atoms with van der Waals surface area (Å²) in [5, 5.41) is 14.7. The van der Waals surface area contributed by atoms with Gasteiger partial charge in [-0.1, -0.05) is 17.7 Å². The molecule has 0 spiro atoms. The largest absolute Gasteiger partial charge is 0.504 e. The number of aromatic nitrogens is 1. The number of hydrogen-bond acceptors (Lipinski definition) is 4. The fourth-order valence-corrected chi connectivity index (χ4v) is 3.67. The zero-order valence-electron chi connectivity index (χ0n) is 18.4. The van der Waals surface area contributed by atoms with Crippen molar-refractivity contribution in [2.75, 3.05) is 6.61 Å². The number of phenols is 1. The molecule has 2 N–H and O–H groups in total. The van der Waals surface area contributed by atoms with Crippen LogP contribution in [0.25, 0.3) is 5.69 Å². The summed E-state index contributed by atoms with van der Waals surface area (Å²) in [5.41, 5.74) is 7.13.